The van der Waals surface area contributed by atoms with Crippen LogP contribution in [0.3, 0.4) is 0 Å². The van der Waals surface area contributed by atoms with E-state index < -0.39 is 5.92 Å². The molecule has 88 valence electrons. The van der Waals surface area contributed by atoms with Gasteiger partial charge in [0.25, 0.3) is 5.92 Å². The van der Waals surface area contributed by atoms with Crippen LogP contribution in [0.1, 0.15) is 12.0 Å². The van der Waals surface area contributed by atoms with E-state index in [0.717, 1.165) is 13.0 Å². The summed E-state index contributed by atoms with van der Waals surface area (Å²) >= 11 is 3.46. The van der Waals surface area contributed by atoms with Gasteiger partial charge in [-0.15, -0.1) is 0 Å². The molecule has 1 aromatic carbocycles. The van der Waals surface area contributed by atoms with E-state index >= 15 is 0 Å². The molecule has 4 heteroatoms. The average Bonchev–Trinajstić information content (AvgIpc) is 2.64. The predicted molar refractivity (Wildman–Crippen MR) is 64.1 cm³/mol. The zero-order chi connectivity index (χ0) is 11.6. The van der Waals surface area contributed by atoms with Gasteiger partial charge in [-0.25, -0.2) is 0 Å². The van der Waals surface area contributed by atoms with Crippen LogP contribution in [0.15, 0.2) is 30.3 Å². The molecule has 1 saturated heterocycles. The number of benzene rings is 1. The molecule has 16 heavy (non-hydrogen) atoms. The molecule has 0 spiro atoms. The minimum absolute atomic E-state index is 0.105. The zero-order valence-electron chi connectivity index (χ0n) is 8.87. The second-order valence-electron chi connectivity index (χ2n) is 4.19. The predicted octanol–water partition coefficient (Wildman–Crippen LogP) is 3.25. The van der Waals surface area contributed by atoms with Gasteiger partial charge in [-0.1, -0.05) is 46.3 Å². The van der Waals surface area contributed by atoms with Crippen molar-refractivity contribution in [3.63, 3.8) is 0 Å². The van der Waals surface area contributed by atoms with Crippen LogP contribution < -0.4 is 0 Å². The number of hydrogen-bond donors (Lipinski definition) is 0. The summed E-state index contributed by atoms with van der Waals surface area (Å²) in [6.07, 6.45) is 0.949. The van der Waals surface area contributed by atoms with Gasteiger partial charge in [0.1, 0.15) is 0 Å². The Labute approximate surface area is 103 Å². The van der Waals surface area contributed by atoms with Crippen molar-refractivity contribution in [2.75, 3.05) is 19.6 Å². The fourth-order valence-corrected chi connectivity index (χ4v) is 2.60. The van der Waals surface area contributed by atoms with Crippen molar-refractivity contribution in [1.82, 2.24) is 4.90 Å². The molecule has 0 saturated carbocycles. The lowest BCUT2D eigenvalue weighted by atomic mass is 10.1. The zero-order valence-corrected chi connectivity index (χ0v) is 10.5. The topological polar surface area (TPSA) is 3.24 Å². The molecular formula is C12H14BrF2N. The Hall–Kier alpha value is -0.480. The molecule has 1 aliphatic rings. The maximum Gasteiger partial charge on any atom is 0.285 e. The normalized spacial score (nSPS) is 22.6. The minimum atomic E-state index is -2.75. The van der Waals surface area contributed by atoms with E-state index in [1.165, 1.54) is 12.1 Å². The van der Waals surface area contributed by atoms with Gasteiger partial charge in [-0.05, 0) is 13.0 Å². The highest BCUT2D eigenvalue weighted by atomic mass is 79.9. The maximum absolute atomic E-state index is 13.9. The highest BCUT2D eigenvalue weighted by Crippen LogP contribution is 2.30. The van der Waals surface area contributed by atoms with Gasteiger partial charge in [-0.3, -0.25) is 4.90 Å². The summed E-state index contributed by atoms with van der Waals surface area (Å²) in [6.45, 7) is 1.28. The van der Waals surface area contributed by atoms with Gasteiger partial charge in [0.15, 0.2) is 0 Å². The van der Waals surface area contributed by atoms with Crippen LogP contribution in [-0.2, 0) is 5.92 Å². The molecule has 1 aliphatic heterocycles. The van der Waals surface area contributed by atoms with Gasteiger partial charge in [-0.2, -0.15) is 8.78 Å². The first kappa shape index (κ1) is 12.0. The first-order chi connectivity index (χ1) is 7.58. The van der Waals surface area contributed by atoms with Crippen LogP contribution >= 0.6 is 15.9 Å². The second-order valence-corrected chi connectivity index (χ2v) is 5.49. The summed E-state index contributed by atoms with van der Waals surface area (Å²) in [5, 5.41) is 0. The molecule has 1 nitrogen and oxygen atoms in total. The lowest BCUT2D eigenvalue weighted by molar-refractivity contribution is -0.0326. The van der Waals surface area contributed by atoms with Crippen LogP contribution in [0, 0.1) is 0 Å². The van der Waals surface area contributed by atoms with Crippen molar-refractivity contribution in [2.45, 2.75) is 17.2 Å². The fourth-order valence-electron chi connectivity index (χ4n) is 1.98. The van der Waals surface area contributed by atoms with E-state index in [2.05, 4.69) is 15.9 Å². The van der Waals surface area contributed by atoms with Crippen LogP contribution in [0.25, 0.3) is 0 Å². The Kier molecular flexibility index (Phi) is 3.60. The molecule has 0 amide bonds. The average molecular weight is 290 g/mol. The third kappa shape index (κ3) is 2.80. The Morgan fingerprint density at radius 1 is 1.31 bits per heavy atom. The fraction of sp³-hybridized carbons (Fsp3) is 0.500. The molecular weight excluding hydrogens is 276 g/mol. The van der Waals surface area contributed by atoms with Crippen LogP contribution in [0.2, 0.25) is 0 Å². The summed E-state index contributed by atoms with van der Waals surface area (Å²) in [6, 6.07) is 8.04. The summed E-state index contributed by atoms with van der Waals surface area (Å²) in [5.74, 6) is -2.75. The van der Waals surface area contributed by atoms with Crippen molar-refractivity contribution in [3.8, 4) is 0 Å². The van der Waals surface area contributed by atoms with Crippen LogP contribution in [-0.4, -0.2) is 29.4 Å². The molecule has 0 N–H and O–H groups in total. The molecule has 1 aromatic rings. The van der Waals surface area contributed by atoms with Crippen LogP contribution in [0.5, 0.6) is 0 Å². The van der Waals surface area contributed by atoms with Crippen molar-refractivity contribution >= 4 is 15.9 Å². The molecule has 0 aromatic heterocycles. The molecule has 0 bridgehead atoms. The van der Waals surface area contributed by atoms with Crippen molar-refractivity contribution in [2.24, 2.45) is 0 Å². The molecule has 1 unspecified atom stereocenters. The van der Waals surface area contributed by atoms with Gasteiger partial charge in [0.05, 0.1) is 6.54 Å². The number of halogens is 3. The van der Waals surface area contributed by atoms with E-state index in [9.17, 15) is 8.78 Å². The summed E-state index contributed by atoms with van der Waals surface area (Å²) in [4.78, 5) is 2.17. The highest BCUT2D eigenvalue weighted by Gasteiger charge is 2.35. The Bertz CT molecular complexity index is 342. The number of alkyl halides is 3. The first-order valence-corrected chi connectivity index (χ1v) is 6.29. The Balaban J connectivity index is 2.03. The standard InChI is InChI=1S/C12H14BrF2N/c13-11-6-7-16(8-11)9-12(14,15)10-4-2-1-3-5-10/h1-5,11H,6-9H2. The third-order valence-corrected chi connectivity index (χ3v) is 3.58. The molecule has 2 rings (SSSR count). The first-order valence-electron chi connectivity index (χ1n) is 5.38. The number of nitrogens with zero attached hydrogens (tertiary/aromatic N) is 1. The van der Waals surface area contributed by atoms with Gasteiger partial charge in [0, 0.05) is 16.9 Å². The van der Waals surface area contributed by atoms with Gasteiger partial charge < -0.3 is 0 Å². The summed E-state index contributed by atoms with van der Waals surface area (Å²) < 4.78 is 27.8. The second kappa shape index (κ2) is 4.80. The van der Waals surface area contributed by atoms with Gasteiger partial charge in [0.2, 0.25) is 0 Å². The smallest absolute Gasteiger partial charge is 0.285 e. The summed E-state index contributed by atoms with van der Waals surface area (Å²) in [7, 11) is 0. The molecule has 0 radical (unpaired) electrons. The maximum atomic E-state index is 13.9. The van der Waals surface area contributed by atoms with Crippen molar-refractivity contribution in [1.29, 1.82) is 0 Å². The van der Waals surface area contributed by atoms with Crippen molar-refractivity contribution < 1.29 is 8.78 Å². The number of likely N-dealkylation sites (tertiary alicyclic amines) is 1. The minimum Gasteiger partial charge on any atom is -0.296 e. The molecule has 1 atom stereocenters. The number of rotatable bonds is 3. The molecule has 0 aliphatic carbocycles. The Morgan fingerprint density at radius 3 is 2.56 bits per heavy atom. The van der Waals surface area contributed by atoms with E-state index in [-0.39, 0.29) is 12.1 Å². The lowest BCUT2D eigenvalue weighted by Gasteiger charge is -2.23. The molecule has 1 heterocycles. The summed E-state index contributed by atoms with van der Waals surface area (Å²) in [5.41, 5.74) is 0.105. The monoisotopic (exact) mass is 289 g/mol. The quantitative estimate of drug-likeness (QED) is 0.772. The highest BCUT2D eigenvalue weighted by molar-refractivity contribution is 9.09. The van der Waals surface area contributed by atoms with Crippen molar-refractivity contribution in [3.05, 3.63) is 35.9 Å². The van der Waals surface area contributed by atoms with Gasteiger partial charge >= 0.3 is 0 Å². The third-order valence-electron chi connectivity index (χ3n) is 2.83. The van der Waals surface area contributed by atoms with E-state index in [1.807, 2.05) is 4.90 Å². The van der Waals surface area contributed by atoms with Crippen LogP contribution in [0.4, 0.5) is 8.78 Å². The largest absolute Gasteiger partial charge is 0.296 e. The van der Waals surface area contributed by atoms with E-state index in [1.54, 1.807) is 18.2 Å². The number of hydrogen-bond acceptors (Lipinski definition) is 1. The molecule has 1 fully saturated rings. The Morgan fingerprint density at radius 2 is 2.00 bits per heavy atom. The van der Waals surface area contributed by atoms with E-state index in [0.29, 0.717) is 11.4 Å². The lowest BCUT2D eigenvalue weighted by Crippen LogP contribution is -2.33. The van der Waals surface area contributed by atoms with E-state index in [4.69, 9.17) is 0 Å². The SMILES string of the molecule is FC(F)(CN1CCC(Br)C1)c1ccccc1.